The highest BCUT2D eigenvalue weighted by atomic mass is 16.5. The van der Waals surface area contributed by atoms with Crippen LogP contribution in [0.2, 0.25) is 0 Å². The predicted molar refractivity (Wildman–Crippen MR) is 115 cm³/mol. The Morgan fingerprint density at radius 1 is 1.38 bits per heavy atom. The van der Waals surface area contributed by atoms with E-state index in [-0.39, 0.29) is 6.10 Å². The van der Waals surface area contributed by atoms with Crippen molar-refractivity contribution in [2.75, 3.05) is 0 Å². The molecule has 0 heterocycles. The Kier molecular flexibility index (Phi) is 6.89. The second-order valence-corrected chi connectivity index (χ2v) is 8.40. The number of benzene rings is 1. The van der Waals surface area contributed by atoms with Crippen LogP contribution in [-0.2, 0) is 9.53 Å². The van der Waals surface area contributed by atoms with Gasteiger partial charge in [0.25, 0.3) is 0 Å². The molecule has 0 fully saturated rings. The highest BCUT2D eigenvalue weighted by Gasteiger charge is 2.47. The smallest absolute Gasteiger partial charge is 0.328 e. The first-order valence-electron chi connectivity index (χ1n) is 9.68. The predicted octanol–water partition coefficient (Wildman–Crippen LogP) is 4.75. The number of allylic oxidation sites excluding steroid dienone is 2. The summed E-state index contributed by atoms with van der Waals surface area (Å²) in [4.78, 5) is 10.8. The first kappa shape index (κ1) is 22.7. The molecule has 0 spiro atoms. The molecule has 29 heavy (non-hydrogen) atoms. The Balaban J connectivity index is 2.29. The lowest BCUT2D eigenvalue weighted by atomic mass is 9.64. The third kappa shape index (κ3) is 5.26. The monoisotopic (exact) mass is 394 g/mol. The van der Waals surface area contributed by atoms with Gasteiger partial charge in [-0.2, -0.15) is 0 Å². The van der Waals surface area contributed by atoms with Crippen molar-refractivity contribution in [1.82, 2.24) is 0 Å². The maximum Gasteiger partial charge on any atom is 0.328 e. The number of carboxylic acids is 1. The quantitative estimate of drug-likeness (QED) is 0.316. The number of carbonyl (C=O) groups is 1. The summed E-state index contributed by atoms with van der Waals surface area (Å²) < 4.78 is 6.22. The highest BCUT2D eigenvalue weighted by Crippen LogP contribution is 2.46. The minimum Gasteiger partial charge on any atom is -0.478 e. The highest BCUT2D eigenvalue weighted by molar-refractivity contribution is 5.81. The molecule has 1 aliphatic carbocycles. The van der Waals surface area contributed by atoms with Crippen LogP contribution in [0, 0.1) is 24.7 Å². The summed E-state index contributed by atoms with van der Waals surface area (Å²) in [7, 11) is 0. The number of aryl methyl sites for hydroxylation is 1. The molecule has 2 N–H and O–H groups in total. The van der Waals surface area contributed by atoms with Gasteiger partial charge in [-0.05, 0) is 50.0 Å². The summed E-state index contributed by atoms with van der Waals surface area (Å²) in [5.74, 6) is 1.71. The van der Waals surface area contributed by atoms with E-state index in [4.69, 9.17) is 16.3 Å². The lowest BCUT2D eigenvalue weighted by Crippen LogP contribution is -2.49. The molecule has 0 saturated heterocycles. The molecule has 154 valence electrons. The summed E-state index contributed by atoms with van der Waals surface area (Å²) >= 11 is 0. The van der Waals surface area contributed by atoms with Gasteiger partial charge in [-0.1, -0.05) is 61.7 Å². The van der Waals surface area contributed by atoms with E-state index in [2.05, 4.69) is 5.92 Å². The summed E-state index contributed by atoms with van der Waals surface area (Å²) in [6.45, 7) is 9.50. The van der Waals surface area contributed by atoms with Crippen molar-refractivity contribution in [3.63, 3.8) is 0 Å². The van der Waals surface area contributed by atoms with Crippen LogP contribution in [0.25, 0.3) is 0 Å². The Hall–Kier alpha value is -2.61. The van der Waals surface area contributed by atoms with Gasteiger partial charge in [0.2, 0.25) is 0 Å². The fourth-order valence-electron chi connectivity index (χ4n) is 3.82. The summed E-state index contributed by atoms with van der Waals surface area (Å²) in [6.07, 6.45) is 11.9. The molecule has 0 saturated carbocycles. The Bertz CT molecular complexity index is 898. The number of aliphatic carboxylic acids is 1. The van der Waals surface area contributed by atoms with Gasteiger partial charge in [0.1, 0.15) is 11.7 Å². The lowest BCUT2D eigenvalue weighted by molar-refractivity contribution is -0.131. The minimum atomic E-state index is -1.21. The minimum absolute atomic E-state index is 0.240. The van der Waals surface area contributed by atoms with E-state index in [1.165, 1.54) is 0 Å². The second kappa shape index (κ2) is 8.82. The Morgan fingerprint density at radius 2 is 2.07 bits per heavy atom. The van der Waals surface area contributed by atoms with E-state index in [0.29, 0.717) is 12.0 Å². The fourth-order valence-corrected chi connectivity index (χ4v) is 3.82. The summed E-state index contributed by atoms with van der Waals surface area (Å²) in [6, 6.07) is 7.95. The van der Waals surface area contributed by atoms with Crippen LogP contribution in [0.3, 0.4) is 0 Å². The van der Waals surface area contributed by atoms with E-state index in [1.807, 2.05) is 58.0 Å². The number of carboxylic acid groups (broad SMARTS) is 1. The van der Waals surface area contributed by atoms with E-state index < -0.39 is 23.1 Å². The zero-order valence-electron chi connectivity index (χ0n) is 17.8. The zero-order chi connectivity index (χ0) is 21.8. The average molecular weight is 395 g/mol. The summed E-state index contributed by atoms with van der Waals surface area (Å²) in [5.41, 5.74) is 1.60. The molecule has 0 radical (unpaired) electrons. The largest absolute Gasteiger partial charge is 0.478 e. The van der Waals surface area contributed by atoms with Crippen molar-refractivity contribution in [1.29, 1.82) is 0 Å². The molecule has 4 heteroatoms. The maximum atomic E-state index is 11.4. The van der Waals surface area contributed by atoms with Crippen molar-refractivity contribution in [3.8, 4) is 12.3 Å². The molecule has 3 atom stereocenters. The van der Waals surface area contributed by atoms with E-state index in [1.54, 1.807) is 19.1 Å². The molecule has 1 unspecified atom stereocenters. The van der Waals surface area contributed by atoms with Gasteiger partial charge in [-0.3, -0.25) is 0 Å². The molecule has 0 aliphatic heterocycles. The third-order valence-corrected chi connectivity index (χ3v) is 5.53. The molecular weight excluding hydrogens is 364 g/mol. The molecule has 0 aromatic heterocycles. The van der Waals surface area contributed by atoms with Crippen LogP contribution < -0.4 is 0 Å². The van der Waals surface area contributed by atoms with Crippen LogP contribution in [0.15, 0.2) is 59.7 Å². The molecular formula is C25H30O4. The molecule has 4 nitrogen and oxygen atoms in total. The zero-order valence-corrected chi connectivity index (χ0v) is 17.8. The van der Waals surface area contributed by atoms with Crippen molar-refractivity contribution in [3.05, 3.63) is 70.8 Å². The van der Waals surface area contributed by atoms with Gasteiger partial charge in [-0.15, -0.1) is 6.42 Å². The fraction of sp³-hybridized carbons (Fsp3) is 0.400. The van der Waals surface area contributed by atoms with Crippen LogP contribution in [-0.4, -0.2) is 27.9 Å². The van der Waals surface area contributed by atoms with Crippen molar-refractivity contribution in [2.24, 2.45) is 5.41 Å². The van der Waals surface area contributed by atoms with Crippen molar-refractivity contribution >= 4 is 5.97 Å². The van der Waals surface area contributed by atoms with Gasteiger partial charge in [0.05, 0.1) is 6.10 Å². The molecule has 1 aromatic carbocycles. The van der Waals surface area contributed by atoms with Crippen LogP contribution in [0.1, 0.15) is 51.3 Å². The summed E-state index contributed by atoms with van der Waals surface area (Å²) in [5, 5.41) is 20.3. The van der Waals surface area contributed by atoms with E-state index >= 15 is 0 Å². The van der Waals surface area contributed by atoms with Crippen LogP contribution in [0.5, 0.6) is 0 Å². The Labute approximate surface area is 173 Å². The third-order valence-electron chi connectivity index (χ3n) is 5.53. The van der Waals surface area contributed by atoms with Gasteiger partial charge >= 0.3 is 5.97 Å². The molecule has 2 rings (SSSR count). The molecule has 1 aromatic rings. The van der Waals surface area contributed by atoms with Gasteiger partial charge in [0, 0.05) is 11.5 Å². The number of ether oxygens (including phenoxy) is 1. The average Bonchev–Trinajstić information content (AvgIpc) is 2.61. The van der Waals surface area contributed by atoms with Crippen LogP contribution in [0.4, 0.5) is 0 Å². The maximum absolute atomic E-state index is 11.4. The number of terminal acetylenes is 1. The van der Waals surface area contributed by atoms with Gasteiger partial charge in [-0.25, -0.2) is 4.79 Å². The normalized spacial score (nSPS) is 25.3. The standard InChI is InChI=1S/C25H30O4/c1-7-22(20-10-8-9-17(2)13-20)29-21-15-19(4)25(28,24(5,6)16-21)12-11-18(3)14-23(26)27/h1,8-15,21-22,28H,16H2,2-6H3,(H,26,27)/b12-11+,18-14-/t21-,22?,25-/m1/s1. The molecule has 0 bridgehead atoms. The van der Waals surface area contributed by atoms with Gasteiger partial charge < -0.3 is 14.9 Å². The van der Waals surface area contributed by atoms with Crippen molar-refractivity contribution in [2.45, 2.75) is 58.8 Å². The first-order chi connectivity index (χ1) is 13.5. The molecule has 1 aliphatic rings. The number of hydrogen-bond donors (Lipinski definition) is 2. The molecule has 0 amide bonds. The van der Waals surface area contributed by atoms with Crippen LogP contribution >= 0.6 is 0 Å². The van der Waals surface area contributed by atoms with E-state index in [0.717, 1.165) is 22.8 Å². The van der Waals surface area contributed by atoms with E-state index in [9.17, 15) is 9.90 Å². The number of rotatable bonds is 6. The van der Waals surface area contributed by atoms with Gasteiger partial charge in [0.15, 0.2) is 0 Å². The van der Waals surface area contributed by atoms with Crippen molar-refractivity contribution < 1.29 is 19.7 Å². The SMILES string of the molecule is C#CC(O[C@@H]1C=C(C)[C@](O)(/C=C/C(C)=C\C(=O)O)C(C)(C)C1)c1cccc(C)c1. The Morgan fingerprint density at radius 3 is 2.62 bits per heavy atom. The second-order valence-electron chi connectivity index (χ2n) is 8.40. The number of hydrogen-bond acceptors (Lipinski definition) is 3. The first-order valence-corrected chi connectivity index (χ1v) is 9.68. The number of aliphatic hydroxyl groups is 1. The lowest BCUT2D eigenvalue weighted by Gasteiger charge is -2.47. The topological polar surface area (TPSA) is 66.8 Å².